The molecular weight excluding hydrogens is 308 g/mol. The van der Waals surface area contributed by atoms with Crippen molar-refractivity contribution in [2.45, 2.75) is 25.5 Å². The minimum Gasteiger partial charge on any atom is -0.493 e. The lowest BCUT2D eigenvalue weighted by Crippen LogP contribution is -2.39. The van der Waals surface area contributed by atoms with E-state index in [-0.39, 0.29) is 12.0 Å². The van der Waals surface area contributed by atoms with Crippen LogP contribution in [0.25, 0.3) is 0 Å². The topological polar surface area (TPSA) is 51.2 Å². The second kappa shape index (κ2) is 7.85. The van der Waals surface area contributed by atoms with E-state index >= 15 is 0 Å². The van der Waals surface area contributed by atoms with Gasteiger partial charge in [0.05, 0.1) is 20.3 Å². The Kier molecular flexibility index (Phi) is 6.07. The third-order valence-corrected chi connectivity index (χ3v) is 4.78. The number of benzene rings is 1. The lowest BCUT2D eigenvalue weighted by Gasteiger charge is -2.26. The van der Waals surface area contributed by atoms with Gasteiger partial charge in [-0.3, -0.25) is 9.69 Å². The summed E-state index contributed by atoms with van der Waals surface area (Å²) in [7, 11) is 8.81. The van der Waals surface area contributed by atoms with E-state index in [0.717, 1.165) is 18.5 Å². The predicted molar refractivity (Wildman–Crippen MR) is 93.1 cm³/mol. The SMILES string of the molecule is COc1cc(C)c(C(=O)N(C)C[C@@H]2C[C@H](OC)CN2C)cc1OC. The van der Waals surface area contributed by atoms with E-state index in [1.54, 1.807) is 32.3 Å². The lowest BCUT2D eigenvalue weighted by atomic mass is 10.1. The molecule has 0 bridgehead atoms. The number of carbonyl (C=O) groups excluding carboxylic acids is 1. The van der Waals surface area contributed by atoms with Gasteiger partial charge in [0.2, 0.25) is 0 Å². The summed E-state index contributed by atoms with van der Waals surface area (Å²) in [6, 6.07) is 3.90. The van der Waals surface area contributed by atoms with Gasteiger partial charge < -0.3 is 19.1 Å². The summed E-state index contributed by atoms with van der Waals surface area (Å²) in [6.07, 6.45) is 1.18. The molecule has 1 saturated heterocycles. The molecule has 1 aliphatic rings. The standard InChI is InChI=1S/C18H28N2O4/c1-12-7-16(23-5)17(24-6)9-15(12)18(21)20(3)10-13-8-14(22-4)11-19(13)2/h7,9,13-14H,8,10-11H2,1-6H3/t13-,14-/m0/s1. The maximum atomic E-state index is 12.9. The van der Waals surface area contributed by atoms with E-state index in [2.05, 4.69) is 11.9 Å². The zero-order chi connectivity index (χ0) is 17.9. The van der Waals surface area contributed by atoms with E-state index < -0.39 is 0 Å². The maximum absolute atomic E-state index is 12.9. The number of amides is 1. The predicted octanol–water partition coefficient (Wildman–Crippen LogP) is 1.80. The van der Waals surface area contributed by atoms with Crippen LogP contribution in [-0.2, 0) is 4.74 Å². The van der Waals surface area contributed by atoms with Crippen LogP contribution < -0.4 is 9.47 Å². The summed E-state index contributed by atoms with van der Waals surface area (Å²) in [4.78, 5) is 16.9. The van der Waals surface area contributed by atoms with E-state index in [4.69, 9.17) is 14.2 Å². The Labute approximate surface area is 144 Å². The van der Waals surface area contributed by atoms with Crippen molar-refractivity contribution in [2.24, 2.45) is 0 Å². The Morgan fingerprint density at radius 1 is 1.25 bits per heavy atom. The molecular formula is C18H28N2O4. The lowest BCUT2D eigenvalue weighted by molar-refractivity contribution is 0.0759. The highest BCUT2D eigenvalue weighted by atomic mass is 16.5. The first-order valence-electron chi connectivity index (χ1n) is 8.12. The second-order valence-corrected chi connectivity index (χ2v) is 6.39. The molecule has 1 amide bonds. The third-order valence-electron chi connectivity index (χ3n) is 4.78. The molecule has 1 aliphatic heterocycles. The van der Waals surface area contributed by atoms with E-state index in [9.17, 15) is 4.79 Å². The Hall–Kier alpha value is -1.79. The van der Waals surface area contributed by atoms with Crippen LogP contribution in [-0.4, -0.2) is 76.4 Å². The van der Waals surface area contributed by atoms with Gasteiger partial charge in [-0.2, -0.15) is 0 Å². The molecule has 0 unspecified atom stereocenters. The molecule has 1 heterocycles. The highest BCUT2D eigenvalue weighted by molar-refractivity contribution is 5.96. The molecule has 0 N–H and O–H groups in total. The average molecular weight is 336 g/mol. The van der Waals surface area contributed by atoms with Crippen LogP contribution >= 0.6 is 0 Å². The van der Waals surface area contributed by atoms with Crippen molar-refractivity contribution in [3.63, 3.8) is 0 Å². The largest absolute Gasteiger partial charge is 0.493 e. The number of carbonyl (C=O) groups is 1. The van der Waals surface area contributed by atoms with Crippen LogP contribution in [0.15, 0.2) is 12.1 Å². The molecule has 2 rings (SSSR count). The minimum atomic E-state index is -0.0114. The van der Waals surface area contributed by atoms with Crippen molar-refractivity contribution in [1.82, 2.24) is 9.80 Å². The summed E-state index contributed by atoms with van der Waals surface area (Å²) in [6.45, 7) is 3.48. The first-order valence-corrected chi connectivity index (χ1v) is 8.12. The molecule has 2 atom stereocenters. The fourth-order valence-corrected chi connectivity index (χ4v) is 3.23. The summed E-state index contributed by atoms with van der Waals surface area (Å²) in [5, 5.41) is 0. The molecule has 1 aromatic rings. The van der Waals surface area contributed by atoms with E-state index in [0.29, 0.717) is 29.6 Å². The number of likely N-dealkylation sites (tertiary alicyclic amines) is 1. The second-order valence-electron chi connectivity index (χ2n) is 6.39. The number of hydrogen-bond donors (Lipinski definition) is 0. The monoisotopic (exact) mass is 336 g/mol. The van der Waals surface area contributed by atoms with Crippen molar-refractivity contribution in [2.75, 3.05) is 48.5 Å². The van der Waals surface area contributed by atoms with Crippen molar-refractivity contribution >= 4 is 5.91 Å². The minimum absolute atomic E-state index is 0.0114. The fraction of sp³-hybridized carbons (Fsp3) is 0.611. The first kappa shape index (κ1) is 18.5. The number of nitrogens with zero attached hydrogens (tertiary/aromatic N) is 2. The zero-order valence-corrected chi connectivity index (χ0v) is 15.5. The van der Waals surface area contributed by atoms with Crippen molar-refractivity contribution in [3.05, 3.63) is 23.3 Å². The van der Waals surface area contributed by atoms with Gasteiger partial charge in [-0.25, -0.2) is 0 Å². The highest BCUT2D eigenvalue weighted by Crippen LogP contribution is 2.31. The number of ether oxygens (including phenoxy) is 3. The third kappa shape index (κ3) is 3.82. The molecule has 0 radical (unpaired) electrons. The van der Waals surface area contributed by atoms with Gasteiger partial charge in [0.1, 0.15) is 0 Å². The van der Waals surface area contributed by atoms with Crippen LogP contribution in [0.3, 0.4) is 0 Å². The van der Waals surface area contributed by atoms with Gasteiger partial charge in [-0.1, -0.05) is 0 Å². The molecule has 6 heteroatoms. The quantitative estimate of drug-likeness (QED) is 0.793. The summed E-state index contributed by atoms with van der Waals surface area (Å²) in [5.41, 5.74) is 1.51. The summed E-state index contributed by atoms with van der Waals surface area (Å²) >= 11 is 0. The molecule has 6 nitrogen and oxygen atoms in total. The van der Waals surface area contributed by atoms with Crippen molar-refractivity contribution < 1.29 is 19.0 Å². The molecule has 1 aromatic carbocycles. The van der Waals surface area contributed by atoms with E-state index in [1.807, 2.05) is 20.0 Å². The number of methoxy groups -OCH3 is 3. The van der Waals surface area contributed by atoms with Gasteiger partial charge in [-0.05, 0) is 38.1 Å². The number of rotatable bonds is 6. The van der Waals surface area contributed by atoms with Gasteiger partial charge in [0.15, 0.2) is 11.5 Å². The molecule has 134 valence electrons. The molecule has 24 heavy (non-hydrogen) atoms. The Bertz CT molecular complexity index is 591. The molecule has 1 fully saturated rings. The number of hydrogen-bond acceptors (Lipinski definition) is 5. The van der Waals surface area contributed by atoms with Gasteiger partial charge >= 0.3 is 0 Å². The first-order chi connectivity index (χ1) is 11.4. The Balaban J connectivity index is 2.13. The zero-order valence-electron chi connectivity index (χ0n) is 15.5. The number of aryl methyl sites for hydroxylation is 1. The molecule has 0 spiro atoms. The molecule has 0 saturated carbocycles. The Morgan fingerprint density at radius 2 is 1.88 bits per heavy atom. The van der Waals surface area contributed by atoms with Crippen LogP contribution in [0.2, 0.25) is 0 Å². The summed E-state index contributed by atoms with van der Waals surface area (Å²) in [5.74, 6) is 1.19. The van der Waals surface area contributed by atoms with Crippen LogP contribution in [0.5, 0.6) is 11.5 Å². The number of likely N-dealkylation sites (N-methyl/N-ethyl adjacent to an activating group) is 2. The smallest absolute Gasteiger partial charge is 0.254 e. The maximum Gasteiger partial charge on any atom is 0.254 e. The normalized spacial score (nSPS) is 20.9. The van der Waals surface area contributed by atoms with E-state index in [1.165, 1.54) is 0 Å². The average Bonchev–Trinajstić information content (AvgIpc) is 2.93. The van der Waals surface area contributed by atoms with Crippen molar-refractivity contribution in [3.8, 4) is 11.5 Å². The van der Waals surface area contributed by atoms with Crippen molar-refractivity contribution in [1.29, 1.82) is 0 Å². The van der Waals surface area contributed by atoms with Gasteiger partial charge in [0, 0.05) is 38.9 Å². The van der Waals surface area contributed by atoms with Crippen LogP contribution in [0, 0.1) is 6.92 Å². The van der Waals surface area contributed by atoms with Crippen LogP contribution in [0.4, 0.5) is 0 Å². The van der Waals surface area contributed by atoms with Gasteiger partial charge in [-0.15, -0.1) is 0 Å². The fourth-order valence-electron chi connectivity index (χ4n) is 3.23. The highest BCUT2D eigenvalue weighted by Gasteiger charge is 2.31. The molecule has 0 aromatic heterocycles. The molecule has 0 aliphatic carbocycles. The van der Waals surface area contributed by atoms with Crippen LogP contribution in [0.1, 0.15) is 22.3 Å². The Morgan fingerprint density at radius 3 is 2.42 bits per heavy atom. The van der Waals surface area contributed by atoms with Gasteiger partial charge in [0.25, 0.3) is 5.91 Å². The summed E-state index contributed by atoms with van der Waals surface area (Å²) < 4.78 is 16.0.